The summed E-state index contributed by atoms with van der Waals surface area (Å²) in [4.78, 5) is 17.9. The van der Waals surface area contributed by atoms with Crippen molar-refractivity contribution in [3.8, 4) is 5.13 Å². The van der Waals surface area contributed by atoms with Gasteiger partial charge in [0, 0.05) is 24.7 Å². The van der Waals surface area contributed by atoms with E-state index >= 15 is 0 Å². The van der Waals surface area contributed by atoms with Gasteiger partial charge in [0.05, 0.1) is 20.8 Å². The van der Waals surface area contributed by atoms with E-state index in [1.165, 1.54) is 52.1 Å². The van der Waals surface area contributed by atoms with E-state index in [0.717, 1.165) is 27.0 Å². The predicted molar refractivity (Wildman–Crippen MR) is 145 cm³/mol. The summed E-state index contributed by atoms with van der Waals surface area (Å²) in [5, 5.41) is 8.05. The number of nitrogens with zero attached hydrogens (tertiary/aromatic N) is 4. The topological polar surface area (TPSA) is 97.2 Å². The molecule has 36 heavy (non-hydrogen) atoms. The number of carbonyl (C=O) groups is 1. The predicted octanol–water partition coefficient (Wildman–Crippen LogP) is 5.02. The number of carbonyl (C=O) groups excluding carboxylic acids is 1. The van der Waals surface area contributed by atoms with Crippen LogP contribution in [0.3, 0.4) is 0 Å². The fraction of sp³-hybridized carbons (Fsp3) is 0.192. The first-order chi connectivity index (χ1) is 17.1. The lowest BCUT2D eigenvalue weighted by Crippen LogP contribution is -2.31. The van der Waals surface area contributed by atoms with Crippen LogP contribution in [0.1, 0.15) is 27.2 Å². The first kappa shape index (κ1) is 25.5. The molecule has 0 fully saturated rings. The second kappa shape index (κ2) is 10.2. The number of rotatable bonds is 9. The maximum absolute atomic E-state index is 13.0. The molecule has 0 aliphatic carbocycles. The zero-order valence-corrected chi connectivity index (χ0v) is 22.0. The first-order valence-electron chi connectivity index (χ1n) is 11.2. The summed E-state index contributed by atoms with van der Waals surface area (Å²) < 4.78 is 29.8. The van der Waals surface area contributed by atoms with Crippen molar-refractivity contribution in [1.29, 1.82) is 0 Å². The standard InChI is InChI=1S/C26H27N5O3S2/c1-6-12-30(13-7-2)36(33,34)21-10-8-20(9-11-21)25(32)27-23-16-19(5)29-31(23)26-28-24-18(4)14-17(3)15-22(24)35-26/h6-11,14-16H,1-2,12-13H2,3-5H3,(H,27,32). The number of thiazole rings is 1. The molecule has 0 unspecified atom stereocenters. The van der Waals surface area contributed by atoms with Crippen molar-refractivity contribution >= 4 is 43.3 Å². The molecule has 4 rings (SSSR count). The van der Waals surface area contributed by atoms with Crippen LogP contribution in [0.2, 0.25) is 0 Å². The average molecular weight is 522 g/mol. The van der Waals surface area contributed by atoms with Gasteiger partial charge >= 0.3 is 0 Å². The molecule has 0 saturated heterocycles. The van der Waals surface area contributed by atoms with Crippen LogP contribution >= 0.6 is 11.3 Å². The highest BCUT2D eigenvalue weighted by atomic mass is 32.2. The Bertz CT molecular complexity index is 1560. The van der Waals surface area contributed by atoms with E-state index in [0.29, 0.717) is 16.5 Å². The fourth-order valence-corrected chi connectivity index (χ4v) is 6.35. The molecule has 0 radical (unpaired) electrons. The van der Waals surface area contributed by atoms with Gasteiger partial charge in [-0.2, -0.15) is 14.1 Å². The van der Waals surface area contributed by atoms with Crippen LogP contribution < -0.4 is 5.32 Å². The number of hydrogen-bond acceptors (Lipinski definition) is 6. The van der Waals surface area contributed by atoms with Gasteiger partial charge in [-0.25, -0.2) is 13.4 Å². The molecule has 8 nitrogen and oxygen atoms in total. The number of hydrogen-bond donors (Lipinski definition) is 1. The number of sulfonamides is 1. The first-order valence-corrected chi connectivity index (χ1v) is 13.5. The van der Waals surface area contributed by atoms with Gasteiger partial charge < -0.3 is 5.32 Å². The molecule has 10 heteroatoms. The molecular weight excluding hydrogens is 494 g/mol. The van der Waals surface area contributed by atoms with E-state index in [9.17, 15) is 13.2 Å². The third kappa shape index (κ3) is 5.01. The van der Waals surface area contributed by atoms with Gasteiger partial charge in [-0.15, -0.1) is 13.2 Å². The fourth-order valence-electron chi connectivity index (χ4n) is 3.86. The van der Waals surface area contributed by atoms with Crippen LogP contribution in [-0.4, -0.2) is 46.5 Å². The van der Waals surface area contributed by atoms with Crippen molar-refractivity contribution in [2.75, 3.05) is 18.4 Å². The summed E-state index contributed by atoms with van der Waals surface area (Å²) in [6.07, 6.45) is 3.03. The van der Waals surface area contributed by atoms with Crippen molar-refractivity contribution in [3.63, 3.8) is 0 Å². The average Bonchev–Trinajstić information content (AvgIpc) is 3.42. The second-order valence-electron chi connectivity index (χ2n) is 8.39. The molecule has 0 aliphatic heterocycles. The van der Waals surface area contributed by atoms with Gasteiger partial charge in [0.15, 0.2) is 0 Å². The summed E-state index contributed by atoms with van der Waals surface area (Å²) in [5.41, 5.74) is 4.18. The Morgan fingerprint density at radius 1 is 1.08 bits per heavy atom. The zero-order valence-electron chi connectivity index (χ0n) is 20.4. The molecule has 2 aromatic carbocycles. The van der Waals surface area contributed by atoms with E-state index in [2.05, 4.69) is 35.7 Å². The highest BCUT2D eigenvalue weighted by Gasteiger charge is 2.23. The zero-order chi connectivity index (χ0) is 26.0. The van der Waals surface area contributed by atoms with Crippen LogP contribution in [0, 0.1) is 20.8 Å². The van der Waals surface area contributed by atoms with Crippen molar-refractivity contribution < 1.29 is 13.2 Å². The molecule has 186 valence electrons. The Morgan fingerprint density at radius 3 is 2.39 bits per heavy atom. The molecule has 0 spiro atoms. The summed E-state index contributed by atoms with van der Waals surface area (Å²) >= 11 is 1.50. The molecule has 0 bridgehead atoms. The minimum atomic E-state index is -3.75. The second-order valence-corrected chi connectivity index (χ2v) is 11.3. The Kier molecular flexibility index (Phi) is 7.21. The van der Waals surface area contributed by atoms with E-state index in [1.54, 1.807) is 10.7 Å². The van der Waals surface area contributed by atoms with E-state index in [4.69, 9.17) is 4.98 Å². The van der Waals surface area contributed by atoms with Crippen LogP contribution in [0.25, 0.3) is 15.3 Å². The molecule has 4 aromatic rings. The Hall–Kier alpha value is -3.60. The summed E-state index contributed by atoms with van der Waals surface area (Å²) in [6, 6.07) is 11.7. The van der Waals surface area contributed by atoms with Gasteiger partial charge in [0.2, 0.25) is 15.2 Å². The normalized spacial score (nSPS) is 11.7. The van der Waals surface area contributed by atoms with Crippen LogP contribution in [0.4, 0.5) is 5.82 Å². The highest BCUT2D eigenvalue weighted by Crippen LogP contribution is 2.30. The Labute approximate surface area is 214 Å². The maximum Gasteiger partial charge on any atom is 0.256 e. The van der Waals surface area contributed by atoms with Crippen molar-refractivity contribution in [1.82, 2.24) is 19.1 Å². The Morgan fingerprint density at radius 2 is 1.75 bits per heavy atom. The minimum Gasteiger partial charge on any atom is -0.306 e. The van der Waals surface area contributed by atoms with Crippen LogP contribution in [0.5, 0.6) is 0 Å². The molecule has 0 saturated carbocycles. The number of amides is 1. The SMILES string of the molecule is C=CCN(CC=C)S(=O)(=O)c1ccc(C(=O)Nc2cc(C)nn2-c2nc3c(C)cc(C)cc3s2)cc1. The molecule has 2 heterocycles. The van der Waals surface area contributed by atoms with Crippen molar-refractivity contribution in [2.24, 2.45) is 0 Å². The van der Waals surface area contributed by atoms with Gasteiger partial charge in [0.1, 0.15) is 5.82 Å². The van der Waals surface area contributed by atoms with Crippen molar-refractivity contribution in [2.45, 2.75) is 25.7 Å². The molecular formula is C26H27N5O3S2. The number of fused-ring (bicyclic) bond motifs is 1. The molecule has 0 aliphatic rings. The monoisotopic (exact) mass is 521 g/mol. The highest BCUT2D eigenvalue weighted by molar-refractivity contribution is 7.89. The van der Waals surface area contributed by atoms with E-state index in [1.807, 2.05) is 20.8 Å². The number of aryl methyl sites for hydroxylation is 3. The third-order valence-corrected chi connectivity index (χ3v) is 8.32. The number of benzene rings is 2. The summed E-state index contributed by atoms with van der Waals surface area (Å²) in [5.74, 6) is 0.0908. The van der Waals surface area contributed by atoms with Gasteiger partial charge in [0.25, 0.3) is 5.91 Å². The van der Waals surface area contributed by atoms with Crippen LogP contribution in [0.15, 0.2) is 72.7 Å². The van der Waals surface area contributed by atoms with Gasteiger partial charge in [-0.1, -0.05) is 29.6 Å². The smallest absolute Gasteiger partial charge is 0.256 e. The van der Waals surface area contributed by atoms with Gasteiger partial charge in [-0.05, 0) is 62.2 Å². The van der Waals surface area contributed by atoms with E-state index < -0.39 is 10.0 Å². The lowest BCUT2D eigenvalue weighted by molar-refractivity contribution is 0.102. The molecule has 2 aromatic heterocycles. The molecule has 1 amide bonds. The molecule has 0 atom stereocenters. The number of anilines is 1. The molecule has 1 N–H and O–H groups in total. The number of aromatic nitrogens is 3. The lowest BCUT2D eigenvalue weighted by atomic mass is 10.1. The largest absolute Gasteiger partial charge is 0.306 e. The van der Waals surface area contributed by atoms with Crippen LogP contribution in [-0.2, 0) is 10.0 Å². The summed E-state index contributed by atoms with van der Waals surface area (Å²) in [6.45, 7) is 13.4. The van der Waals surface area contributed by atoms with Gasteiger partial charge in [-0.3, -0.25) is 4.79 Å². The maximum atomic E-state index is 13.0. The third-order valence-electron chi connectivity index (χ3n) is 5.49. The summed E-state index contributed by atoms with van der Waals surface area (Å²) in [7, 11) is -3.75. The quantitative estimate of drug-likeness (QED) is 0.312. The van der Waals surface area contributed by atoms with Crippen molar-refractivity contribution in [3.05, 3.63) is 90.2 Å². The number of nitrogens with one attached hydrogen (secondary N) is 1. The minimum absolute atomic E-state index is 0.0868. The lowest BCUT2D eigenvalue weighted by Gasteiger charge is -2.19. The van der Waals surface area contributed by atoms with E-state index in [-0.39, 0.29) is 23.9 Å². The Balaban J connectivity index is 1.59.